The van der Waals surface area contributed by atoms with Crippen LogP contribution in [-0.4, -0.2) is 19.3 Å². The molecule has 1 unspecified atom stereocenters. The summed E-state index contributed by atoms with van der Waals surface area (Å²) in [6.45, 7) is 11.6. The summed E-state index contributed by atoms with van der Waals surface area (Å²) in [4.78, 5) is 0. The standard InChI is InChI=1S/C9H16O2/c1-7(9(2,3)4)10-5-8-6-11-8/h8H,1,5-6H2,2-4H3. The summed E-state index contributed by atoms with van der Waals surface area (Å²) in [7, 11) is 0. The average Bonchev–Trinajstić information content (AvgIpc) is 2.62. The zero-order chi connectivity index (χ0) is 8.48. The van der Waals surface area contributed by atoms with E-state index in [1.54, 1.807) is 0 Å². The lowest BCUT2D eigenvalue weighted by atomic mass is 9.95. The molecule has 0 aromatic carbocycles. The van der Waals surface area contributed by atoms with Crippen molar-refractivity contribution in [1.29, 1.82) is 0 Å². The van der Waals surface area contributed by atoms with Gasteiger partial charge in [-0.25, -0.2) is 0 Å². The molecule has 0 amide bonds. The molecular formula is C9H16O2. The molecular weight excluding hydrogens is 140 g/mol. The van der Waals surface area contributed by atoms with Gasteiger partial charge in [0, 0.05) is 5.41 Å². The number of hydrogen-bond donors (Lipinski definition) is 0. The van der Waals surface area contributed by atoms with Crippen molar-refractivity contribution < 1.29 is 9.47 Å². The first kappa shape index (κ1) is 8.60. The number of rotatable bonds is 3. The fraction of sp³-hybridized carbons (Fsp3) is 0.778. The molecule has 64 valence electrons. The van der Waals surface area contributed by atoms with E-state index in [1.165, 1.54) is 0 Å². The van der Waals surface area contributed by atoms with Crippen LogP contribution in [0, 0.1) is 5.41 Å². The molecule has 1 aliphatic rings. The molecule has 1 rings (SSSR count). The van der Waals surface area contributed by atoms with Gasteiger partial charge in [-0.05, 0) is 0 Å². The molecule has 11 heavy (non-hydrogen) atoms. The zero-order valence-electron chi connectivity index (χ0n) is 7.52. The van der Waals surface area contributed by atoms with Gasteiger partial charge in [0.25, 0.3) is 0 Å². The van der Waals surface area contributed by atoms with Crippen molar-refractivity contribution in [3.8, 4) is 0 Å². The largest absolute Gasteiger partial charge is 0.495 e. The first-order valence-electron chi connectivity index (χ1n) is 3.94. The SMILES string of the molecule is C=C(OCC1CO1)C(C)(C)C. The highest BCUT2D eigenvalue weighted by atomic mass is 16.6. The summed E-state index contributed by atoms with van der Waals surface area (Å²) in [5.74, 6) is 0.841. The van der Waals surface area contributed by atoms with E-state index in [0.717, 1.165) is 12.4 Å². The fourth-order valence-corrected chi connectivity index (χ4v) is 0.574. The van der Waals surface area contributed by atoms with Crippen LogP contribution in [-0.2, 0) is 9.47 Å². The van der Waals surface area contributed by atoms with E-state index in [-0.39, 0.29) is 5.41 Å². The van der Waals surface area contributed by atoms with E-state index in [9.17, 15) is 0 Å². The van der Waals surface area contributed by atoms with Crippen LogP contribution < -0.4 is 0 Å². The third-order valence-corrected chi connectivity index (χ3v) is 1.68. The molecule has 0 saturated carbocycles. The highest BCUT2D eigenvalue weighted by Crippen LogP contribution is 2.25. The minimum absolute atomic E-state index is 0.0505. The summed E-state index contributed by atoms with van der Waals surface area (Å²) >= 11 is 0. The van der Waals surface area contributed by atoms with Gasteiger partial charge in [-0.2, -0.15) is 0 Å². The highest BCUT2D eigenvalue weighted by molar-refractivity contribution is 4.96. The van der Waals surface area contributed by atoms with Gasteiger partial charge in [0.1, 0.15) is 12.7 Å². The predicted molar refractivity (Wildman–Crippen MR) is 44.3 cm³/mol. The molecule has 0 bridgehead atoms. The zero-order valence-corrected chi connectivity index (χ0v) is 7.52. The Morgan fingerprint density at radius 3 is 2.55 bits per heavy atom. The maximum absolute atomic E-state index is 5.41. The van der Waals surface area contributed by atoms with Crippen molar-refractivity contribution in [3.05, 3.63) is 12.3 Å². The monoisotopic (exact) mass is 156 g/mol. The van der Waals surface area contributed by atoms with Crippen LogP contribution in [0.3, 0.4) is 0 Å². The molecule has 0 aliphatic carbocycles. The minimum Gasteiger partial charge on any atom is -0.495 e. The second-order valence-electron chi connectivity index (χ2n) is 3.94. The van der Waals surface area contributed by atoms with E-state index in [0.29, 0.717) is 12.7 Å². The van der Waals surface area contributed by atoms with E-state index in [1.807, 2.05) is 0 Å². The smallest absolute Gasteiger partial charge is 0.116 e. The van der Waals surface area contributed by atoms with Crippen molar-refractivity contribution in [3.63, 3.8) is 0 Å². The summed E-state index contributed by atoms with van der Waals surface area (Å²) in [5.41, 5.74) is 0.0505. The van der Waals surface area contributed by atoms with Gasteiger partial charge in [-0.3, -0.25) is 0 Å². The molecule has 2 nitrogen and oxygen atoms in total. The highest BCUT2D eigenvalue weighted by Gasteiger charge is 2.25. The molecule has 0 aromatic rings. The van der Waals surface area contributed by atoms with Gasteiger partial charge in [0.05, 0.1) is 12.4 Å². The topological polar surface area (TPSA) is 21.8 Å². The normalized spacial score (nSPS) is 23.0. The number of epoxide rings is 1. The summed E-state index contributed by atoms with van der Waals surface area (Å²) in [6.07, 6.45) is 0.328. The van der Waals surface area contributed by atoms with Crippen molar-refractivity contribution in [2.45, 2.75) is 26.9 Å². The van der Waals surface area contributed by atoms with Gasteiger partial charge in [-0.1, -0.05) is 27.4 Å². The number of allylic oxidation sites excluding steroid dienone is 1. The number of ether oxygens (including phenoxy) is 2. The molecule has 0 aromatic heterocycles. The Labute approximate surface area is 68.2 Å². The Morgan fingerprint density at radius 1 is 1.64 bits per heavy atom. The lowest BCUT2D eigenvalue weighted by Crippen LogP contribution is -2.13. The Kier molecular flexibility index (Phi) is 2.23. The van der Waals surface area contributed by atoms with Crippen molar-refractivity contribution >= 4 is 0 Å². The van der Waals surface area contributed by atoms with Crippen LogP contribution in [0.5, 0.6) is 0 Å². The molecule has 1 aliphatic heterocycles. The Bertz CT molecular complexity index is 151. The molecule has 0 radical (unpaired) electrons. The molecule has 1 saturated heterocycles. The van der Waals surface area contributed by atoms with Gasteiger partial charge in [0.2, 0.25) is 0 Å². The first-order chi connectivity index (χ1) is 5.00. The maximum atomic E-state index is 5.41. The Morgan fingerprint density at radius 2 is 2.18 bits per heavy atom. The summed E-state index contributed by atoms with van der Waals surface area (Å²) < 4.78 is 10.4. The molecule has 1 heterocycles. The minimum atomic E-state index is 0.0505. The molecule has 1 fully saturated rings. The van der Waals surface area contributed by atoms with E-state index >= 15 is 0 Å². The van der Waals surface area contributed by atoms with Crippen molar-refractivity contribution in [1.82, 2.24) is 0 Å². The van der Waals surface area contributed by atoms with Crippen LogP contribution in [0.25, 0.3) is 0 Å². The summed E-state index contributed by atoms with van der Waals surface area (Å²) in [5, 5.41) is 0. The predicted octanol–water partition coefficient (Wildman–Crippen LogP) is 1.96. The van der Waals surface area contributed by atoms with Crippen LogP contribution in [0.1, 0.15) is 20.8 Å². The van der Waals surface area contributed by atoms with Crippen LogP contribution in [0.4, 0.5) is 0 Å². The van der Waals surface area contributed by atoms with Crippen LogP contribution in [0.15, 0.2) is 12.3 Å². The lowest BCUT2D eigenvalue weighted by molar-refractivity contribution is 0.136. The Hall–Kier alpha value is -0.500. The van der Waals surface area contributed by atoms with Gasteiger partial charge < -0.3 is 9.47 Å². The van der Waals surface area contributed by atoms with Gasteiger partial charge >= 0.3 is 0 Å². The first-order valence-corrected chi connectivity index (χ1v) is 3.94. The third kappa shape index (κ3) is 2.93. The summed E-state index contributed by atoms with van der Waals surface area (Å²) in [6, 6.07) is 0. The fourth-order valence-electron chi connectivity index (χ4n) is 0.574. The molecule has 1 atom stereocenters. The van der Waals surface area contributed by atoms with Crippen LogP contribution in [0.2, 0.25) is 0 Å². The lowest BCUT2D eigenvalue weighted by Gasteiger charge is -2.21. The van der Waals surface area contributed by atoms with Crippen molar-refractivity contribution in [2.75, 3.05) is 13.2 Å². The average molecular weight is 156 g/mol. The molecule has 0 N–H and O–H groups in total. The van der Waals surface area contributed by atoms with Crippen LogP contribution >= 0.6 is 0 Å². The second kappa shape index (κ2) is 2.86. The Balaban J connectivity index is 2.19. The van der Waals surface area contributed by atoms with E-state index in [2.05, 4.69) is 27.4 Å². The third-order valence-electron chi connectivity index (χ3n) is 1.68. The van der Waals surface area contributed by atoms with E-state index < -0.39 is 0 Å². The molecule has 2 heteroatoms. The van der Waals surface area contributed by atoms with Gasteiger partial charge in [-0.15, -0.1) is 0 Å². The maximum Gasteiger partial charge on any atom is 0.116 e. The van der Waals surface area contributed by atoms with Crippen molar-refractivity contribution in [2.24, 2.45) is 5.41 Å². The molecule has 0 spiro atoms. The quantitative estimate of drug-likeness (QED) is 0.460. The van der Waals surface area contributed by atoms with Gasteiger partial charge in [0.15, 0.2) is 0 Å². The van der Waals surface area contributed by atoms with E-state index in [4.69, 9.17) is 9.47 Å². The second-order valence-corrected chi connectivity index (χ2v) is 3.94. The number of hydrogen-bond acceptors (Lipinski definition) is 2.